The van der Waals surface area contributed by atoms with Gasteiger partial charge in [-0.15, -0.1) is 0 Å². The molecule has 0 unspecified atom stereocenters. The van der Waals surface area contributed by atoms with Gasteiger partial charge in [-0.2, -0.15) is 0 Å². The number of thiazole rings is 1. The lowest BCUT2D eigenvalue weighted by atomic mass is 10.9. The van der Waals surface area contributed by atoms with Gasteiger partial charge in [0.15, 0.2) is 9.62 Å². The van der Waals surface area contributed by atoms with Crippen LogP contribution in [-0.2, 0) is 5.11 Å². The van der Waals surface area contributed by atoms with E-state index in [0.29, 0.717) is 0 Å². The molecule has 1 aromatic heterocycles. The van der Waals surface area contributed by atoms with Gasteiger partial charge in [-0.25, -0.2) is 4.98 Å². The van der Waals surface area contributed by atoms with Crippen molar-refractivity contribution in [1.82, 2.24) is 4.98 Å². The summed E-state index contributed by atoms with van der Waals surface area (Å²) >= 11 is 11.4. The van der Waals surface area contributed by atoms with Crippen LogP contribution in [0.4, 0.5) is 0 Å². The molecule has 0 saturated carbocycles. The van der Waals surface area contributed by atoms with Gasteiger partial charge in [0.1, 0.15) is 0 Å². The number of halogens is 2. The fourth-order valence-corrected chi connectivity index (χ4v) is 1.27. The SMILES string of the molecule is [O]c1sc(Cl)nc1Cl. The van der Waals surface area contributed by atoms with Crippen LogP contribution in [0.3, 0.4) is 0 Å². The third-order valence-corrected chi connectivity index (χ3v) is 1.85. The van der Waals surface area contributed by atoms with Crippen molar-refractivity contribution in [2.24, 2.45) is 0 Å². The molecule has 0 spiro atoms. The lowest BCUT2D eigenvalue weighted by Crippen LogP contribution is -1.56. The van der Waals surface area contributed by atoms with E-state index in [-0.39, 0.29) is 14.7 Å². The van der Waals surface area contributed by atoms with Gasteiger partial charge in [0.25, 0.3) is 5.06 Å². The fourth-order valence-electron chi connectivity index (χ4n) is 0.264. The molecule has 2 nitrogen and oxygen atoms in total. The number of hydrogen-bond acceptors (Lipinski definition) is 2. The maximum Gasteiger partial charge on any atom is 0.272 e. The first-order chi connectivity index (χ1) is 3.70. The Morgan fingerprint density at radius 3 is 2.25 bits per heavy atom. The van der Waals surface area contributed by atoms with Crippen LogP contribution >= 0.6 is 34.5 Å². The molecule has 1 aromatic rings. The van der Waals surface area contributed by atoms with E-state index in [1.54, 1.807) is 0 Å². The van der Waals surface area contributed by atoms with Crippen molar-refractivity contribution < 1.29 is 5.11 Å². The second kappa shape index (κ2) is 2.09. The summed E-state index contributed by atoms with van der Waals surface area (Å²) in [5.74, 6) is 0. The van der Waals surface area contributed by atoms with Crippen LogP contribution in [0.5, 0.6) is 5.06 Å². The van der Waals surface area contributed by atoms with Gasteiger partial charge < -0.3 is 0 Å². The molecule has 0 N–H and O–H groups in total. The Balaban J connectivity index is 3.14. The van der Waals surface area contributed by atoms with Crippen molar-refractivity contribution in [2.45, 2.75) is 0 Å². The van der Waals surface area contributed by atoms with Crippen LogP contribution in [-0.4, -0.2) is 4.98 Å². The number of nitrogens with zero attached hydrogens (tertiary/aromatic N) is 1. The first-order valence-electron chi connectivity index (χ1n) is 1.69. The molecule has 43 valence electrons. The zero-order valence-corrected chi connectivity index (χ0v) is 5.85. The lowest BCUT2D eigenvalue weighted by Gasteiger charge is -1.68. The van der Waals surface area contributed by atoms with Crippen molar-refractivity contribution in [1.29, 1.82) is 0 Å². The second-order valence-corrected chi connectivity index (χ2v) is 2.95. The van der Waals surface area contributed by atoms with Gasteiger partial charge in [0, 0.05) is 0 Å². The molecular weight excluding hydrogens is 169 g/mol. The van der Waals surface area contributed by atoms with E-state index in [4.69, 9.17) is 23.2 Å². The van der Waals surface area contributed by atoms with Crippen LogP contribution in [0.2, 0.25) is 9.62 Å². The Morgan fingerprint density at radius 2 is 2.12 bits per heavy atom. The molecule has 1 heterocycles. The minimum absolute atomic E-state index is 0.0417. The predicted octanol–water partition coefficient (Wildman–Crippen LogP) is 2.59. The number of aromatic nitrogens is 1. The minimum atomic E-state index is -0.281. The predicted molar refractivity (Wildman–Crippen MR) is 32.3 cm³/mol. The largest absolute Gasteiger partial charge is 0.274 e. The highest BCUT2D eigenvalue weighted by atomic mass is 35.5. The molecule has 0 bridgehead atoms. The molecule has 8 heavy (non-hydrogen) atoms. The van der Waals surface area contributed by atoms with Gasteiger partial charge >= 0.3 is 0 Å². The highest BCUT2D eigenvalue weighted by molar-refractivity contribution is 7.17. The summed E-state index contributed by atoms with van der Waals surface area (Å²) in [7, 11) is 0. The zero-order valence-electron chi connectivity index (χ0n) is 3.52. The molecule has 0 atom stereocenters. The highest BCUT2D eigenvalue weighted by Crippen LogP contribution is 2.32. The average molecular weight is 169 g/mol. The first kappa shape index (κ1) is 6.13. The summed E-state index contributed by atoms with van der Waals surface area (Å²) in [6.45, 7) is 0. The van der Waals surface area contributed by atoms with Crippen LogP contribution in [0.15, 0.2) is 0 Å². The highest BCUT2D eigenvalue weighted by Gasteiger charge is 2.05. The quantitative estimate of drug-likeness (QED) is 0.587. The van der Waals surface area contributed by atoms with Crippen molar-refractivity contribution >= 4 is 34.5 Å². The smallest absolute Gasteiger partial charge is 0.272 e. The average Bonchev–Trinajstić information content (AvgIpc) is 1.85. The molecule has 0 fully saturated rings. The molecular formula is C3Cl2NOS. The summed E-state index contributed by atoms with van der Waals surface area (Å²) in [5, 5.41) is 10.1. The summed E-state index contributed by atoms with van der Waals surface area (Å²) < 4.78 is 0.194. The molecule has 0 aliphatic carbocycles. The van der Waals surface area contributed by atoms with E-state index in [2.05, 4.69) is 4.98 Å². The van der Waals surface area contributed by atoms with Crippen LogP contribution in [0, 0.1) is 0 Å². The summed E-state index contributed by atoms with van der Waals surface area (Å²) in [5.41, 5.74) is 0. The number of hydrogen-bond donors (Lipinski definition) is 0. The maximum absolute atomic E-state index is 10.4. The molecule has 0 aliphatic rings. The number of rotatable bonds is 0. The van der Waals surface area contributed by atoms with E-state index >= 15 is 0 Å². The molecule has 0 saturated heterocycles. The topological polar surface area (TPSA) is 32.8 Å². The Bertz CT molecular complexity index is 180. The van der Waals surface area contributed by atoms with Crippen LogP contribution in [0.1, 0.15) is 0 Å². The molecule has 5 heteroatoms. The Kier molecular flexibility index (Phi) is 1.60. The Morgan fingerprint density at radius 1 is 1.50 bits per heavy atom. The van der Waals surface area contributed by atoms with Crippen LogP contribution in [0.25, 0.3) is 0 Å². The third kappa shape index (κ3) is 1.05. The zero-order chi connectivity index (χ0) is 6.15. The van der Waals surface area contributed by atoms with Crippen LogP contribution < -0.4 is 0 Å². The summed E-state index contributed by atoms with van der Waals surface area (Å²) in [4.78, 5) is 3.45. The summed E-state index contributed by atoms with van der Waals surface area (Å²) in [6.07, 6.45) is 0. The first-order valence-corrected chi connectivity index (χ1v) is 3.26. The summed E-state index contributed by atoms with van der Waals surface area (Å²) in [6, 6.07) is 0. The van der Waals surface area contributed by atoms with Crippen molar-refractivity contribution in [3.05, 3.63) is 9.62 Å². The maximum atomic E-state index is 10.4. The normalized spacial score (nSPS) is 9.75. The van der Waals surface area contributed by atoms with E-state index in [1.165, 1.54) is 0 Å². The van der Waals surface area contributed by atoms with Crippen molar-refractivity contribution in [3.63, 3.8) is 0 Å². The molecule has 0 aliphatic heterocycles. The van der Waals surface area contributed by atoms with E-state index < -0.39 is 0 Å². The van der Waals surface area contributed by atoms with Gasteiger partial charge in [0.2, 0.25) is 0 Å². The third-order valence-electron chi connectivity index (χ3n) is 0.531. The Labute approximate surface area is 59.7 Å². The molecule has 1 rings (SSSR count). The molecule has 0 aromatic carbocycles. The van der Waals surface area contributed by atoms with Crippen molar-refractivity contribution in [2.75, 3.05) is 0 Å². The second-order valence-electron chi connectivity index (χ2n) is 1.05. The van der Waals surface area contributed by atoms with Gasteiger partial charge in [-0.1, -0.05) is 34.5 Å². The van der Waals surface area contributed by atoms with E-state index in [1.807, 2.05) is 0 Å². The van der Waals surface area contributed by atoms with Gasteiger partial charge in [0.05, 0.1) is 0 Å². The monoisotopic (exact) mass is 168 g/mol. The molecule has 0 amide bonds. The van der Waals surface area contributed by atoms with Gasteiger partial charge in [-0.3, -0.25) is 5.11 Å². The van der Waals surface area contributed by atoms with E-state index in [0.717, 1.165) is 11.3 Å². The van der Waals surface area contributed by atoms with Gasteiger partial charge in [-0.05, 0) is 0 Å². The van der Waals surface area contributed by atoms with E-state index in [9.17, 15) is 5.11 Å². The lowest BCUT2D eigenvalue weighted by molar-refractivity contribution is 0.367. The molecule has 1 radical (unpaired) electrons. The van der Waals surface area contributed by atoms with Crippen molar-refractivity contribution in [3.8, 4) is 5.06 Å². The minimum Gasteiger partial charge on any atom is -0.274 e. The fraction of sp³-hybridized carbons (Fsp3) is 0. The standard InChI is InChI=1S/C3Cl2NOS/c4-1-2(7)8-3(5)6-1. The Hall–Kier alpha value is 0.01000.